The Kier molecular flexibility index (Phi) is 13.6. The molecular formula is C39H47N3O8. The number of esters is 2. The topological polar surface area (TPSA) is 124 Å². The summed E-state index contributed by atoms with van der Waals surface area (Å²) in [6.45, 7) is 3.31. The third kappa shape index (κ3) is 10.5. The molecule has 1 fully saturated rings. The van der Waals surface area contributed by atoms with Gasteiger partial charge in [-0.1, -0.05) is 92.1 Å². The van der Waals surface area contributed by atoms with Gasteiger partial charge < -0.3 is 23.8 Å². The lowest BCUT2D eigenvalue weighted by atomic mass is 9.91. The van der Waals surface area contributed by atoms with Crippen LogP contribution in [-0.2, 0) is 41.8 Å². The number of likely N-dealkylation sites (tertiary alicyclic amines) is 1. The van der Waals surface area contributed by atoms with E-state index in [2.05, 4.69) is 5.32 Å². The second-order valence-electron chi connectivity index (χ2n) is 12.6. The number of rotatable bonds is 15. The number of carbonyl (C=O) groups excluding carboxylic acids is 4. The van der Waals surface area contributed by atoms with E-state index in [1.807, 2.05) is 60.7 Å². The summed E-state index contributed by atoms with van der Waals surface area (Å²) in [6, 6.07) is 24.4. The lowest BCUT2D eigenvalue weighted by Gasteiger charge is -2.31. The summed E-state index contributed by atoms with van der Waals surface area (Å²) < 4.78 is 22.4. The third-order valence-electron chi connectivity index (χ3n) is 9.06. The van der Waals surface area contributed by atoms with E-state index >= 15 is 0 Å². The van der Waals surface area contributed by atoms with Gasteiger partial charge in [0.05, 0.1) is 12.3 Å². The molecule has 3 aromatic rings. The van der Waals surface area contributed by atoms with Gasteiger partial charge in [-0.2, -0.15) is 0 Å². The van der Waals surface area contributed by atoms with Crippen molar-refractivity contribution in [1.82, 2.24) is 10.2 Å². The van der Waals surface area contributed by atoms with Crippen LogP contribution in [-0.4, -0.2) is 73.8 Å². The van der Waals surface area contributed by atoms with Crippen LogP contribution in [0, 0.1) is 5.92 Å². The molecule has 0 aromatic heterocycles. The van der Waals surface area contributed by atoms with E-state index in [1.54, 1.807) is 36.1 Å². The van der Waals surface area contributed by atoms with Crippen molar-refractivity contribution in [2.75, 3.05) is 37.7 Å². The number of para-hydroxylation sites is 2. The van der Waals surface area contributed by atoms with Crippen LogP contribution < -0.4 is 15.0 Å². The molecule has 50 heavy (non-hydrogen) atoms. The Morgan fingerprint density at radius 1 is 0.840 bits per heavy atom. The van der Waals surface area contributed by atoms with E-state index < -0.39 is 29.9 Å². The number of hydrogen-bond donors (Lipinski definition) is 1. The number of benzene rings is 3. The Hall–Kier alpha value is -4.90. The van der Waals surface area contributed by atoms with Crippen LogP contribution in [0.2, 0.25) is 0 Å². The standard InChI is InChI=1S/C39H47N3O8/c1-2-47-38(45)32(18-10-9-13-29-21-23-41(24-22-29)39(46)50-27-31-16-7-4-8-17-31)40-33-28-48-35-20-12-11-19-34(35)42(37(33)44)25-36(43)49-26-30-14-5-3-6-15-30/h3-8,11-12,14-17,19-20,29,32-33,40H,2,9-10,13,18,21-28H2,1H3/t32-,33+/m1/s1. The maximum absolute atomic E-state index is 13.9. The molecule has 2 heterocycles. The predicted molar refractivity (Wildman–Crippen MR) is 187 cm³/mol. The highest BCUT2D eigenvalue weighted by atomic mass is 16.6. The lowest BCUT2D eigenvalue weighted by molar-refractivity contribution is -0.147. The Labute approximate surface area is 293 Å². The van der Waals surface area contributed by atoms with E-state index in [0.29, 0.717) is 36.9 Å². The number of nitrogens with one attached hydrogen (secondary N) is 1. The fraction of sp³-hybridized carbons (Fsp3) is 0.436. The number of ether oxygens (including phenoxy) is 4. The molecule has 2 aliphatic heterocycles. The molecule has 2 amide bonds. The van der Waals surface area contributed by atoms with Crippen molar-refractivity contribution in [2.24, 2.45) is 5.92 Å². The van der Waals surface area contributed by atoms with Crippen LogP contribution in [0.3, 0.4) is 0 Å². The molecule has 0 saturated carbocycles. The monoisotopic (exact) mass is 685 g/mol. The summed E-state index contributed by atoms with van der Waals surface area (Å²) in [5.41, 5.74) is 2.26. The summed E-state index contributed by atoms with van der Waals surface area (Å²) in [5, 5.41) is 3.21. The number of piperidine rings is 1. The second kappa shape index (κ2) is 18.7. The summed E-state index contributed by atoms with van der Waals surface area (Å²) in [7, 11) is 0. The van der Waals surface area contributed by atoms with Crippen molar-refractivity contribution in [2.45, 2.75) is 70.7 Å². The lowest BCUT2D eigenvalue weighted by Crippen LogP contribution is -2.55. The minimum absolute atomic E-state index is 0.0202. The van der Waals surface area contributed by atoms with E-state index in [4.69, 9.17) is 18.9 Å². The van der Waals surface area contributed by atoms with Gasteiger partial charge in [-0.3, -0.25) is 24.6 Å². The highest BCUT2D eigenvalue weighted by Gasteiger charge is 2.36. The first-order chi connectivity index (χ1) is 24.4. The van der Waals surface area contributed by atoms with Gasteiger partial charge in [-0.05, 0) is 55.4 Å². The SMILES string of the molecule is CCOC(=O)[C@@H](CCCCC1CCN(C(=O)OCc2ccccc2)CC1)N[C@H]1COc2ccccc2N(CC(=O)OCc2ccccc2)C1=O. The van der Waals surface area contributed by atoms with Crippen LogP contribution in [0.25, 0.3) is 0 Å². The quantitative estimate of drug-likeness (QED) is 0.123. The van der Waals surface area contributed by atoms with Gasteiger partial charge in [0.25, 0.3) is 0 Å². The summed E-state index contributed by atoms with van der Waals surface area (Å²) in [6.07, 6.45) is 4.60. The predicted octanol–water partition coefficient (Wildman–Crippen LogP) is 5.65. The molecule has 266 valence electrons. The second-order valence-corrected chi connectivity index (χ2v) is 12.6. The number of unbranched alkanes of at least 4 members (excludes halogenated alkanes) is 1. The third-order valence-corrected chi connectivity index (χ3v) is 9.06. The van der Waals surface area contributed by atoms with E-state index in [9.17, 15) is 19.2 Å². The average Bonchev–Trinajstić information content (AvgIpc) is 3.27. The molecule has 0 radical (unpaired) electrons. The summed E-state index contributed by atoms with van der Waals surface area (Å²) in [5.74, 6) is -0.445. The fourth-order valence-corrected chi connectivity index (χ4v) is 6.30. The maximum atomic E-state index is 13.9. The molecular weight excluding hydrogens is 638 g/mol. The van der Waals surface area contributed by atoms with Crippen molar-refractivity contribution in [1.29, 1.82) is 0 Å². The number of anilines is 1. The van der Waals surface area contributed by atoms with Crippen LogP contribution in [0.1, 0.15) is 56.6 Å². The first kappa shape index (κ1) is 36.4. The van der Waals surface area contributed by atoms with E-state index in [0.717, 1.165) is 43.2 Å². The Balaban J connectivity index is 1.11. The zero-order valence-electron chi connectivity index (χ0n) is 28.7. The van der Waals surface area contributed by atoms with Crippen molar-refractivity contribution >= 4 is 29.6 Å². The Morgan fingerprint density at radius 3 is 2.16 bits per heavy atom. The van der Waals surface area contributed by atoms with Crippen LogP contribution >= 0.6 is 0 Å². The van der Waals surface area contributed by atoms with Gasteiger partial charge in [0.15, 0.2) is 0 Å². The number of nitrogens with zero attached hydrogens (tertiary/aromatic N) is 2. The van der Waals surface area contributed by atoms with E-state index in [1.165, 1.54) is 4.90 Å². The minimum Gasteiger partial charge on any atom is -0.489 e. The molecule has 0 bridgehead atoms. The number of amides is 2. The Bertz CT molecular complexity index is 1550. The zero-order chi connectivity index (χ0) is 35.1. The smallest absolute Gasteiger partial charge is 0.410 e. The molecule has 11 nitrogen and oxygen atoms in total. The maximum Gasteiger partial charge on any atom is 0.410 e. The minimum atomic E-state index is -0.898. The van der Waals surface area contributed by atoms with Crippen LogP contribution in [0.5, 0.6) is 5.75 Å². The molecule has 0 aliphatic carbocycles. The molecule has 2 aliphatic rings. The molecule has 1 saturated heterocycles. The molecule has 2 atom stereocenters. The van der Waals surface area contributed by atoms with Gasteiger partial charge in [0.1, 0.15) is 44.2 Å². The normalized spacial score (nSPS) is 16.8. The van der Waals surface area contributed by atoms with Gasteiger partial charge in [-0.25, -0.2) is 4.79 Å². The summed E-state index contributed by atoms with van der Waals surface area (Å²) in [4.78, 5) is 55.6. The highest BCUT2D eigenvalue weighted by molar-refractivity contribution is 6.02. The van der Waals surface area contributed by atoms with Gasteiger partial charge in [0.2, 0.25) is 5.91 Å². The fourth-order valence-electron chi connectivity index (χ4n) is 6.30. The van der Waals surface area contributed by atoms with Crippen LogP contribution in [0.4, 0.5) is 10.5 Å². The molecule has 0 spiro atoms. The van der Waals surface area contributed by atoms with Gasteiger partial charge in [-0.15, -0.1) is 0 Å². The molecule has 11 heteroatoms. The highest BCUT2D eigenvalue weighted by Crippen LogP contribution is 2.31. The van der Waals surface area contributed by atoms with Crippen molar-refractivity contribution in [3.8, 4) is 5.75 Å². The average molecular weight is 686 g/mol. The number of fused-ring (bicyclic) bond motifs is 1. The van der Waals surface area contributed by atoms with Crippen molar-refractivity contribution in [3.63, 3.8) is 0 Å². The summed E-state index contributed by atoms with van der Waals surface area (Å²) >= 11 is 0. The molecule has 5 rings (SSSR count). The Morgan fingerprint density at radius 2 is 1.48 bits per heavy atom. The first-order valence-electron chi connectivity index (χ1n) is 17.5. The molecule has 1 N–H and O–H groups in total. The van der Waals surface area contributed by atoms with Crippen molar-refractivity contribution < 1.29 is 38.1 Å². The number of carbonyl (C=O) groups is 4. The van der Waals surface area contributed by atoms with Crippen LogP contribution in [0.15, 0.2) is 84.9 Å². The molecule has 0 unspecified atom stereocenters. The van der Waals surface area contributed by atoms with E-state index in [-0.39, 0.29) is 39.1 Å². The first-order valence-corrected chi connectivity index (χ1v) is 17.5. The van der Waals surface area contributed by atoms with Gasteiger partial charge >= 0.3 is 18.0 Å². The van der Waals surface area contributed by atoms with Crippen molar-refractivity contribution in [3.05, 3.63) is 96.1 Å². The zero-order valence-corrected chi connectivity index (χ0v) is 28.7. The molecule has 3 aromatic carbocycles. The number of hydrogen-bond acceptors (Lipinski definition) is 9. The largest absolute Gasteiger partial charge is 0.489 e. The van der Waals surface area contributed by atoms with Gasteiger partial charge in [0, 0.05) is 13.1 Å².